The molecule has 1 N–H and O–H groups in total. The molecule has 2 rings (SSSR count). The highest BCUT2D eigenvalue weighted by Crippen LogP contribution is 2.13. The van der Waals surface area contributed by atoms with Gasteiger partial charge >= 0.3 is 0 Å². The van der Waals surface area contributed by atoms with Gasteiger partial charge in [0.2, 0.25) is 0 Å². The summed E-state index contributed by atoms with van der Waals surface area (Å²) in [5.41, 5.74) is 0. The number of hydrogen-bond acceptors (Lipinski definition) is 3. The van der Waals surface area contributed by atoms with E-state index in [1.54, 1.807) is 7.11 Å². The fourth-order valence-electron chi connectivity index (χ4n) is 1.48. The van der Waals surface area contributed by atoms with E-state index in [4.69, 9.17) is 4.74 Å². The molecule has 1 atom stereocenters. The quantitative estimate of drug-likeness (QED) is 0.566. The number of rotatable bonds is 4. The van der Waals surface area contributed by atoms with Gasteiger partial charge in [0.05, 0.1) is 6.10 Å². The Bertz CT molecular complexity index is 130. The van der Waals surface area contributed by atoms with Crippen LogP contribution in [0.2, 0.25) is 0 Å². The van der Waals surface area contributed by atoms with Crippen LogP contribution in [0.5, 0.6) is 0 Å². The first-order valence-corrected chi connectivity index (χ1v) is 4.37. The number of nitrogens with one attached hydrogen (secondary N) is 1. The van der Waals surface area contributed by atoms with Crippen LogP contribution in [0.25, 0.3) is 0 Å². The molecule has 2 saturated heterocycles. The number of methoxy groups -OCH3 is 1. The summed E-state index contributed by atoms with van der Waals surface area (Å²) in [5.74, 6) is 0. The molecule has 2 aliphatic heterocycles. The molecule has 0 bridgehead atoms. The fourth-order valence-corrected chi connectivity index (χ4v) is 1.48. The van der Waals surface area contributed by atoms with E-state index < -0.39 is 0 Å². The molecule has 0 aromatic carbocycles. The third-order valence-corrected chi connectivity index (χ3v) is 2.54. The van der Waals surface area contributed by atoms with Crippen LogP contribution in [-0.2, 0) is 4.74 Å². The molecule has 1 unspecified atom stereocenters. The molecule has 0 spiro atoms. The van der Waals surface area contributed by atoms with E-state index in [1.165, 1.54) is 19.5 Å². The Morgan fingerprint density at radius 2 is 2.27 bits per heavy atom. The van der Waals surface area contributed by atoms with Gasteiger partial charge in [0, 0.05) is 32.8 Å². The maximum atomic E-state index is 5.18. The highest BCUT2D eigenvalue weighted by atomic mass is 16.5. The van der Waals surface area contributed by atoms with E-state index in [0.717, 1.165) is 19.1 Å². The van der Waals surface area contributed by atoms with Crippen molar-refractivity contribution in [3.63, 3.8) is 0 Å². The second-order valence-electron chi connectivity index (χ2n) is 3.51. The molecule has 3 heteroatoms. The molecule has 2 fully saturated rings. The van der Waals surface area contributed by atoms with Gasteiger partial charge in [-0.15, -0.1) is 0 Å². The molecular formula is C8H16N2O. The fraction of sp³-hybridized carbons (Fsp3) is 1.00. The van der Waals surface area contributed by atoms with Crippen LogP contribution in [0.15, 0.2) is 0 Å². The van der Waals surface area contributed by atoms with Gasteiger partial charge in [0.15, 0.2) is 0 Å². The van der Waals surface area contributed by atoms with E-state index in [9.17, 15) is 0 Å². The van der Waals surface area contributed by atoms with Crippen molar-refractivity contribution < 1.29 is 4.74 Å². The van der Waals surface area contributed by atoms with Crippen LogP contribution >= 0.6 is 0 Å². The maximum absolute atomic E-state index is 5.18. The number of ether oxygens (including phenoxy) is 1. The topological polar surface area (TPSA) is 34.4 Å². The van der Waals surface area contributed by atoms with Crippen LogP contribution < -0.4 is 5.32 Å². The van der Waals surface area contributed by atoms with Gasteiger partial charge < -0.3 is 10.1 Å². The Hall–Kier alpha value is -0.120. The lowest BCUT2D eigenvalue weighted by Gasteiger charge is -2.38. The zero-order valence-electron chi connectivity index (χ0n) is 7.05. The van der Waals surface area contributed by atoms with Crippen LogP contribution in [0.3, 0.4) is 0 Å². The second-order valence-corrected chi connectivity index (χ2v) is 3.51. The summed E-state index contributed by atoms with van der Waals surface area (Å²) in [6, 6.07) is 0.830. The Labute approximate surface area is 67.7 Å². The zero-order valence-corrected chi connectivity index (χ0v) is 7.05. The van der Waals surface area contributed by atoms with Crippen LogP contribution in [0.1, 0.15) is 6.42 Å². The third-order valence-electron chi connectivity index (χ3n) is 2.54. The molecule has 0 aliphatic carbocycles. The van der Waals surface area contributed by atoms with Gasteiger partial charge in [-0.3, -0.25) is 4.90 Å². The summed E-state index contributed by atoms with van der Waals surface area (Å²) >= 11 is 0. The van der Waals surface area contributed by atoms with E-state index in [2.05, 4.69) is 10.2 Å². The highest BCUT2D eigenvalue weighted by Gasteiger charge is 2.28. The molecule has 64 valence electrons. The SMILES string of the molecule is COC1CN(CCC2CN2)C1. The summed E-state index contributed by atoms with van der Waals surface area (Å²) in [5, 5.41) is 3.31. The Balaban J connectivity index is 1.52. The van der Waals surface area contributed by atoms with Crippen molar-refractivity contribution in [2.75, 3.05) is 33.3 Å². The minimum atomic E-state index is 0.516. The van der Waals surface area contributed by atoms with Gasteiger partial charge in [-0.2, -0.15) is 0 Å². The molecule has 2 aliphatic rings. The zero-order chi connectivity index (χ0) is 7.68. The van der Waals surface area contributed by atoms with Crippen molar-refractivity contribution >= 4 is 0 Å². The Kier molecular flexibility index (Phi) is 2.11. The minimum Gasteiger partial charge on any atom is -0.379 e. The van der Waals surface area contributed by atoms with E-state index >= 15 is 0 Å². The van der Waals surface area contributed by atoms with E-state index in [0.29, 0.717) is 6.10 Å². The van der Waals surface area contributed by atoms with Gasteiger partial charge in [-0.05, 0) is 13.0 Å². The Morgan fingerprint density at radius 1 is 1.55 bits per heavy atom. The lowest BCUT2D eigenvalue weighted by atomic mass is 10.1. The summed E-state index contributed by atoms with van der Waals surface area (Å²) < 4.78 is 5.18. The largest absolute Gasteiger partial charge is 0.379 e. The summed E-state index contributed by atoms with van der Waals surface area (Å²) in [6.45, 7) is 4.77. The van der Waals surface area contributed by atoms with Gasteiger partial charge in [0.1, 0.15) is 0 Å². The van der Waals surface area contributed by atoms with Gasteiger partial charge in [-0.1, -0.05) is 0 Å². The molecule has 3 nitrogen and oxygen atoms in total. The lowest BCUT2D eigenvalue weighted by molar-refractivity contribution is -0.0294. The molecule has 0 radical (unpaired) electrons. The standard InChI is InChI=1S/C8H16N2O/c1-11-8-5-10(6-8)3-2-7-4-9-7/h7-9H,2-6H2,1H3. The normalized spacial score (nSPS) is 31.9. The summed E-state index contributed by atoms with van der Waals surface area (Å²) in [4.78, 5) is 2.45. The number of nitrogens with zero attached hydrogens (tertiary/aromatic N) is 1. The molecule has 0 aromatic rings. The average molecular weight is 156 g/mol. The van der Waals surface area contributed by atoms with Crippen LogP contribution in [0, 0.1) is 0 Å². The first kappa shape index (κ1) is 7.53. The van der Waals surface area contributed by atoms with Crippen molar-refractivity contribution in [2.24, 2.45) is 0 Å². The van der Waals surface area contributed by atoms with Crippen molar-refractivity contribution in [3.8, 4) is 0 Å². The molecular weight excluding hydrogens is 140 g/mol. The monoisotopic (exact) mass is 156 g/mol. The van der Waals surface area contributed by atoms with Crippen LogP contribution in [-0.4, -0.2) is 50.3 Å². The molecule has 0 saturated carbocycles. The number of hydrogen-bond donors (Lipinski definition) is 1. The van der Waals surface area contributed by atoms with Crippen molar-refractivity contribution in [2.45, 2.75) is 18.6 Å². The van der Waals surface area contributed by atoms with E-state index in [-0.39, 0.29) is 0 Å². The van der Waals surface area contributed by atoms with E-state index in [1.807, 2.05) is 0 Å². The smallest absolute Gasteiger partial charge is 0.0824 e. The number of likely N-dealkylation sites (tertiary alicyclic amines) is 1. The molecule has 0 aromatic heterocycles. The lowest BCUT2D eigenvalue weighted by Crippen LogP contribution is -2.52. The van der Waals surface area contributed by atoms with Gasteiger partial charge in [0.25, 0.3) is 0 Å². The first-order valence-electron chi connectivity index (χ1n) is 4.37. The maximum Gasteiger partial charge on any atom is 0.0824 e. The molecule has 2 heterocycles. The first-order chi connectivity index (χ1) is 5.38. The third kappa shape index (κ3) is 1.92. The molecule has 0 amide bonds. The van der Waals surface area contributed by atoms with Crippen molar-refractivity contribution in [1.82, 2.24) is 10.2 Å². The average Bonchev–Trinajstić information content (AvgIpc) is 2.68. The van der Waals surface area contributed by atoms with Crippen LogP contribution in [0.4, 0.5) is 0 Å². The minimum absolute atomic E-state index is 0.516. The van der Waals surface area contributed by atoms with Crippen molar-refractivity contribution in [3.05, 3.63) is 0 Å². The summed E-state index contributed by atoms with van der Waals surface area (Å²) in [7, 11) is 1.80. The predicted molar refractivity (Wildman–Crippen MR) is 43.6 cm³/mol. The van der Waals surface area contributed by atoms with Crippen molar-refractivity contribution in [1.29, 1.82) is 0 Å². The van der Waals surface area contributed by atoms with Gasteiger partial charge in [-0.25, -0.2) is 0 Å². The highest BCUT2D eigenvalue weighted by molar-refractivity contribution is 4.87. The second kappa shape index (κ2) is 3.09. The predicted octanol–water partition coefficient (Wildman–Crippen LogP) is -0.321. The Morgan fingerprint density at radius 3 is 2.82 bits per heavy atom. The molecule has 11 heavy (non-hydrogen) atoms. The summed E-state index contributed by atoms with van der Waals surface area (Å²) in [6.07, 6.45) is 1.83.